The molecule has 5 nitrogen and oxygen atoms in total. The number of amides is 1. The first-order valence-corrected chi connectivity index (χ1v) is 7.06. The van der Waals surface area contributed by atoms with Crippen LogP contribution in [0.3, 0.4) is 0 Å². The fraction of sp³-hybridized carbons (Fsp3) is 0. The molecule has 3 rings (SSSR count). The van der Waals surface area contributed by atoms with E-state index < -0.39 is 0 Å². The van der Waals surface area contributed by atoms with Gasteiger partial charge in [-0.3, -0.25) is 4.79 Å². The summed E-state index contributed by atoms with van der Waals surface area (Å²) >= 11 is 3.25. The van der Waals surface area contributed by atoms with Gasteiger partial charge < -0.3 is 5.32 Å². The number of nitrogens with one attached hydrogen (secondary N) is 1. The Balaban J connectivity index is 1.75. The average Bonchev–Trinajstić information content (AvgIpc) is 3.02. The Morgan fingerprint density at radius 2 is 1.90 bits per heavy atom. The number of aromatic nitrogens is 3. The van der Waals surface area contributed by atoms with Crippen LogP contribution in [0.2, 0.25) is 0 Å². The summed E-state index contributed by atoms with van der Waals surface area (Å²) in [7, 11) is 0. The van der Waals surface area contributed by atoms with Gasteiger partial charge in [-0.05, 0) is 58.4 Å². The smallest absolute Gasteiger partial charge is 0.274 e. The number of hydrogen-bond acceptors (Lipinski definition) is 3. The molecular formula is C15H11BrN4O. The lowest BCUT2D eigenvalue weighted by molar-refractivity contribution is 0.102. The van der Waals surface area contributed by atoms with Gasteiger partial charge in [-0.15, -0.1) is 0 Å². The number of benzene rings is 1. The van der Waals surface area contributed by atoms with Crippen LogP contribution in [-0.2, 0) is 0 Å². The van der Waals surface area contributed by atoms with Crippen molar-refractivity contribution < 1.29 is 4.79 Å². The SMILES string of the molecule is O=C(Nc1ccc(-n2cccn2)cc1)c1cccc(Br)n1. The third-order valence-corrected chi connectivity index (χ3v) is 3.28. The second-order valence-electron chi connectivity index (χ2n) is 4.30. The molecule has 0 spiro atoms. The molecule has 0 atom stereocenters. The van der Waals surface area contributed by atoms with Crippen LogP contribution in [0.25, 0.3) is 5.69 Å². The van der Waals surface area contributed by atoms with Gasteiger partial charge in [-0.1, -0.05) is 6.07 Å². The molecule has 0 unspecified atom stereocenters. The molecule has 104 valence electrons. The molecule has 2 aromatic heterocycles. The van der Waals surface area contributed by atoms with E-state index in [-0.39, 0.29) is 5.91 Å². The Morgan fingerprint density at radius 1 is 1.10 bits per heavy atom. The van der Waals surface area contributed by atoms with Gasteiger partial charge in [0.2, 0.25) is 0 Å². The van der Waals surface area contributed by atoms with Gasteiger partial charge in [0.15, 0.2) is 0 Å². The third kappa shape index (κ3) is 3.17. The fourth-order valence-corrected chi connectivity index (χ4v) is 2.19. The molecule has 1 amide bonds. The largest absolute Gasteiger partial charge is 0.321 e. The first-order chi connectivity index (χ1) is 10.2. The molecule has 1 aromatic carbocycles. The van der Waals surface area contributed by atoms with Crippen molar-refractivity contribution in [1.29, 1.82) is 0 Å². The van der Waals surface area contributed by atoms with Crippen LogP contribution in [0.4, 0.5) is 5.69 Å². The van der Waals surface area contributed by atoms with Crippen molar-refractivity contribution in [3.8, 4) is 5.69 Å². The van der Waals surface area contributed by atoms with Crippen molar-refractivity contribution in [3.63, 3.8) is 0 Å². The van der Waals surface area contributed by atoms with Gasteiger partial charge in [0.05, 0.1) is 5.69 Å². The van der Waals surface area contributed by atoms with Gasteiger partial charge >= 0.3 is 0 Å². The highest BCUT2D eigenvalue weighted by atomic mass is 79.9. The number of rotatable bonds is 3. The first-order valence-electron chi connectivity index (χ1n) is 6.26. The summed E-state index contributed by atoms with van der Waals surface area (Å²) in [6.07, 6.45) is 3.58. The second-order valence-corrected chi connectivity index (χ2v) is 5.11. The molecule has 0 saturated heterocycles. The zero-order chi connectivity index (χ0) is 14.7. The van der Waals surface area contributed by atoms with Gasteiger partial charge in [0.25, 0.3) is 5.91 Å². The number of pyridine rings is 1. The van der Waals surface area contributed by atoms with Crippen molar-refractivity contribution in [2.45, 2.75) is 0 Å². The molecule has 0 radical (unpaired) electrons. The predicted octanol–water partition coefficient (Wildman–Crippen LogP) is 3.28. The molecule has 0 aliphatic carbocycles. The van der Waals surface area contributed by atoms with E-state index in [4.69, 9.17) is 0 Å². The fourth-order valence-electron chi connectivity index (χ4n) is 1.85. The van der Waals surface area contributed by atoms with Crippen LogP contribution < -0.4 is 5.32 Å². The lowest BCUT2D eigenvalue weighted by Gasteiger charge is -2.06. The zero-order valence-electron chi connectivity index (χ0n) is 10.9. The summed E-state index contributed by atoms with van der Waals surface area (Å²) in [5, 5.41) is 6.95. The Morgan fingerprint density at radius 3 is 2.57 bits per heavy atom. The van der Waals surface area contributed by atoms with Crippen molar-refractivity contribution in [1.82, 2.24) is 14.8 Å². The maximum absolute atomic E-state index is 12.1. The second kappa shape index (κ2) is 5.88. The number of halogens is 1. The average molecular weight is 343 g/mol. The molecule has 2 heterocycles. The van der Waals surface area contributed by atoms with Gasteiger partial charge in [0, 0.05) is 18.1 Å². The van der Waals surface area contributed by atoms with Gasteiger partial charge in [-0.25, -0.2) is 9.67 Å². The molecule has 3 aromatic rings. The minimum atomic E-state index is -0.247. The summed E-state index contributed by atoms with van der Waals surface area (Å²) < 4.78 is 2.38. The van der Waals surface area contributed by atoms with Crippen molar-refractivity contribution in [3.05, 3.63) is 71.2 Å². The number of nitrogens with zero attached hydrogens (tertiary/aromatic N) is 3. The molecule has 0 aliphatic heterocycles. The molecule has 0 saturated carbocycles. The van der Waals surface area contributed by atoms with E-state index in [0.717, 1.165) is 5.69 Å². The minimum Gasteiger partial charge on any atom is -0.321 e. The van der Waals surface area contributed by atoms with E-state index in [0.29, 0.717) is 16.0 Å². The summed E-state index contributed by atoms with van der Waals surface area (Å²) in [5.41, 5.74) is 2.00. The standard InChI is InChI=1S/C15H11BrN4O/c16-14-4-1-3-13(19-14)15(21)18-11-5-7-12(8-6-11)20-10-2-9-17-20/h1-10H,(H,18,21). The molecule has 0 fully saturated rings. The van der Waals surface area contributed by atoms with Crippen LogP contribution in [0.1, 0.15) is 10.5 Å². The van der Waals surface area contributed by atoms with E-state index in [9.17, 15) is 4.79 Å². The molecule has 0 bridgehead atoms. The van der Waals surface area contributed by atoms with E-state index >= 15 is 0 Å². The highest BCUT2D eigenvalue weighted by Crippen LogP contribution is 2.14. The van der Waals surface area contributed by atoms with Gasteiger partial charge in [0.1, 0.15) is 10.3 Å². The Kier molecular flexibility index (Phi) is 3.79. The van der Waals surface area contributed by atoms with Crippen LogP contribution in [0, 0.1) is 0 Å². The Labute approximate surface area is 129 Å². The monoisotopic (exact) mass is 342 g/mol. The van der Waals surface area contributed by atoms with Crippen molar-refractivity contribution in [2.24, 2.45) is 0 Å². The van der Waals surface area contributed by atoms with Crippen LogP contribution in [0.15, 0.2) is 65.5 Å². The molecule has 6 heteroatoms. The number of carbonyl (C=O) groups excluding carboxylic acids is 1. The van der Waals surface area contributed by atoms with Crippen LogP contribution in [-0.4, -0.2) is 20.7 Å². The van der Waals surface area contributed by atoms with Crippen LogP contribution >= 0.6 is 15.9 Å². The van der Waals surface area contributed by atoms with Crippen molar-refractivity contribution in [2.75, 3.05) is 5.32 Å². The minimum absolute atomic E-state index is 0.247. The zero-order valence-corrected chi connectivity index (χ0v) is 12.5. The number of anilines is 1. The maximum atomic E-state index is 12.1. The van der Waals surface area contributed by atoms with E-state index in [1.165, 1.54) is 0 Å². The van der Waals surface area contributed by atoms with Crippen molar-refractivity contribution >= 4 is 27.5 Å². The summed E-state index contributed by atoms with van der Waals surface area (Å²) in [6.45, 7) is 0. The van der Waals surface area contributed by atoms with Crippen LogP contribution in [0.5, 0.6) is 0 Å². The topological polar surface area (TPSA) is 59.8 Å². The third-order valence-electron chi connectivity index (χ3n) is 2.84. The van der Waals surface area contributed by atoms with E-state index in [1.54, 1.807) is 29.1 Å². The normalized spacial score (nSPS) is 10.3. The first kappa shape index (κ1) is 13.5. The molecule has 1 N–H and O–H groups in total. The molecular weight excluding hydrogens is 332 g/mol. The maximum Gasteiger partial charge on any atom is 0.274 e. The quantitative estimate of drug-likeness (QED) is 0.743. The summed E-state index contributed by atoms with van der Waals surface area (Å²) in [5.74, 6) is -0.247. The van der Waals surface area contributed by atoms with E-state index in [2.05, 4.69) is 31.3 Å². The molecule has 0 aliphatic rings. The number of carbonyl (C=O) groups is 1. The lowest BCUT2D eigenvalue weighted by atomic mass is 10.2. The van der Waals surface area contributed by atoms with Gasteiger partial charge in [-0.2, -0.15) is 5.10 Å². The highest BCUT2D eigenvalue weighted by molar-refractivity contribution is 9.10. The highest BCUT2D eigenvalue weighted by Gasteiger charge is 2.08. The Bertz CT molecular complexity index is 754. The Hall–Kier alpha value is -2.47. The summed E-state index contributed by atoms with van der Waals surface area (Å²) in [6, 6.07) is 14.5. The lowest BCUT2D eigenvalue weighted by Crippen LogP contribution is -2.13. The molecule has 21 heavy (non-hydrogen) atoms. The number of hydrogen-bond donors (Lipinski definition) is 1. The summed E-state index contributed by atoms with van der Waals surface area (Å²) in [4.78, 5) is 16.2. The predicted molar refractivity (Wildman–Crippen MR) is 83.5 cm³/mol. The van der Waals surface area contributed by atoms with E-state index in [1.807, 2.05) is 36.5 Å².